The van der Waals surface area contributed by atoms with Gasteiger partial charge in [-0.3, -0.25) is 0 Å². The molecule has 0 radical (unpaired) electrons. The zero-order valence-electron chi connectivity index (χ0n) is 13.6. The Kier molecular flexibility index (Phi) is 4.56. The van der Waals surface area contributed by atoms with Crippen molar-refractivity contribution in [3.05, 3.63) is 34.5 Å². The van der Waals surface area contributed by atoms with Gasteiger partial charge in [-0.2, -0.15) is 0 Å². The van der Waals surface area contributed by atoms with Crippen LogP contribution < -0.4 is 10.6 Å². The molecule has 0 aliphatic heterocycles. The Morgan fingerprint density at radius 3 is 2.67 bits per heavy atom. The molecule has 4 nitrogen and oxygen atoms in total. The van der Waals surface area contributed by atoms with Crippen molar-refractivity contribution < 1.29 is 4.79 Å². The van der Waals surface area contributed by atoms with E-state index >= 15 is 0 Å². The molecule has 0 saturated heterocycles. The first kappa shape index (κ1) is 15.4. The van der Waals surface area contributed by atoms with Gasteiger partial charge in [0.1, 0.15) is 0 Å². The van der Waals surface area contributed by atoms with Gasteiger partial charge >= 0.3 is 6.03 Å². The molecular weight excluding hydrogens is 262 g/mol. The second-order valence-electron chi connectivity index (χ2n) is 5.86. The first-order valence-corrected chi connectivity index (χ1v) is 7.55. The number of nitrogens with one attached hydrogen (secondary N) is 3. The number of aromatic amines is 1. The monoisotopic (exact) mass is 287 g/mol. The summed E-state index contributed by atoms with van der Waals surface area (Å²) >= 11 is 0. The van der Waals surface area contributed by atoms with Gasteiger partial charge in [-0.15, -0.1) is 0 Å². The topological polar surface area (TPSA) is 56.9 Å². The summed E-state index contributed by atoms with van der Waals surface area (Å²) in [6.45, 7) is 10.9. The highest BCUT2D eigenvalue weighted by Crippen LogP contribution is 2.25. The van der Waals surface area contributed by atoms with Crippen LogP contribution in [-0.2, 0) is 6.54 Å². The first-order chi connectivity index (χ1) is 9.92. The van der Waals surface area contributed by atoms with Gasteiger partial charge in [0.15, 0.2) is 0 Å². The SMILES string of the molecule is CC[C@@H](C)NC(=O)NCc1cc(C)cc2c(C)c(C)[nH]c12. The number of rotatable bonds is 4. The lowest BCUT2D eigenvalue weighted by Gasteiger charge is -2.13. The standard InChI is InChI=1S/C17H25N3O/c1-6-11(3)19-17(21)18-9-14-7-10(2)8-15-12(4)13(5)20-16(14)15/h7-8,11,20H,6,9H2,1-5H3,(H2,18,19,21)/t11-/m1/s1. The molecule has 0 saturated carbocycles. The number of aryl methyl sites for hydroxylation is 3. The Labute approximate surface area is 126 Å². The second kappa shape index (κ2) is 6.20. The molecule has 0 bridgehead atoms. The van der Waals surface area contributed by atoms with Gasteiger partial charge in [-0.05, 0) is 51.3 Å². The van der Waals surface area contributed by atoms with Crippen molar-refractivity contribution in [2.75, 3.05) is 0 Å². The van der Waals surface area contributed by atoms with Crippen LogP contribution in [-0.4, -0.2) is 17.1 Å². The molecule has 21 heavy (non-hydrogen) atoms. The van der Waals surface area contributed by atoms with Crippen molar-refractivity contribution in [2.45, 2.75) is 53.6 Å². The predicted octanol–water partition coefficient (Wildman–Crippen LogP) is 3.69. The van der Waals surface area contributed by atoms with Gasteiger partial charge in [-0.1, -0.05) is 18.6 Å². The lowest BCUT2D eigenvalue weighted by atomic mass is 10.0. The number of H-pyrrole nitrogens is 1. The number of benzene rings is 1. The van der Waals surface area contributed by atoms with Crippen LogP contribution in [0.5, 0.6) is 0 Å². The van der Waals surface area contributed by atoms with Crippen LogP contribution in [0.15, 0.2) is 12.1 Å². The van der Waals surface area contributed by atoms with Crippen molar-refractivity contribution in [2.24, 2.45) is 0 Å². The van der Waals surface area contributed by atoms with E-state index < -0.39 is 0 Å². The third-order valence-corrected chi connectivity index (χ3v) is 4.07. The van der Waals surface area contributed by atoms with E-state index in [1.165, 1.54) is 22.2 Å². The lowest BCUT2D eigenvalue weighted by Crippen LogP contribution is -2.40. The number of hydrogen-bond acceptors (Lipinski definition) is 1. The summed E-state index contributed by atoms with van der Waals surface area (Å²) in [5, 5.41) is 7.10. The summed E-state index contributed by atoms with van der Waals surface area (Å²) < 4.78 is 0. The van der Waals surface area contributed by atoms with Crippen LogP contribution in [0.4, 0.5) is 4.79 Å². The summed E-state index contributed by atoms with van der Waals surface area (Å²) in [5.41, 5.74) is 5.92. The van der Waals surface area contributed by atoms with Gasteiger partial charge < -0.3 is 15.6 Å². The van der Waals surface area contributed by atoms with Crippen LogP contribution in [0.1, 0.15) is 42.7 Å². The maximum absolute atomic E-state index is 11.8. The van der Waals surface area contributed by atoms with E-state index in [1.54, 1.807) is 0 Å². The van der Waals surface area contributed by atoms with E-state index in [-0.39, 0.29) is 12.1 Å². The smallest absolute Gasteiger partial charge is 0.315 e. The summed E-state index contributed by atoms with van der Waals surface area (Å²) in [5.74, 6) is 0. The maximum Gasteiger partial charge on any atom is 0.315 e. The molecule has 0 aliphatic rings. The Balaban J connectivity index is 2.19. The molecule has 0 aliphatic carbocycles. The van der Waals surface area contributed by atoms with Crippen LogP contribution >= 0.6 is 0 Å². The fourth-order valence-corrected chi connectivity index (χ4v) is 2.48. The third kappa shape index (κ3) is 3.38. The summed E-state index contributed by atoms with van der Waals surface area (Å²) in [7, 11) is 0. The molecule has 1 atom stereocenters. The van der Waals surface area contributed by atoms with E-state index in [1.807, 2.05) is 6.92 Å². The van der Waals surface area contributed by atoms with E-state index in [2.05, 4.69) is 55.4 Å². The van der Waals surface area contributed by atoms with Gasteiger partial charge in [0.25, 0.3) is 0 Å². The van der Waals surface area contributed by atoms with Crippen molar-refractivity contribution in [1.82, 2.24) is 15.6 Å². The van der Waals surface area contributed by atoms with Crippen molar-refractivity contribution in [3.63, 3.8) is 0 Å². The van der Waals surface area contributed by atoms with Crippen LogP contribution in [0, 0.1) is 20.8 Å². The lowest BCUT2D eigenvalue weighted by molar-refractivity contribution is 0.237. The number of fused-ring (bicyclic) bond motifs is 1. The molecule has 2 aromatic rings. The zero-order valence-corrected chi connectivity index (χ0v) is 13.6. The van der Waals surface area contributed by atoms with E-state index in [0.717, 1.165) is 17.5 Å². The molecule has 0 fully saturated rings. The summed E-state index contributed by atoms with van der Waals surface area (Å²) in [4.78, 5) is 15.3. The van der Waals surface area contributed by atoms with Crippen molar-refractivity contribution in [1.29, 1.82) is 0 Å². The number of aromatic nitrogens is 1. The van der Waals surface area contributed by atoms with Gasteiger partial charge in [0.05, 0.1) is 5.52 Å². The molecule has 114 valence electrons. The summed E-state index contributed by atoms with van der Waals surface area (Å²) in [6.07, 6.45) is 0.928. The fourth-order valence-electron chi connectivity index (χ4n) is 2.48. The molecular formula is C17H25N3O. The Hall–Kier alpha value is -1.97. The Morgan fingerprint density at radius 1 is 1.29 bits per heavy atom. The number of amides is 2. The molecule has 2 rings (SSSR count). The average molecular weight is 287 g/mol. The molecule has 1 aromatic carbocycles. The van der Waals surface area contributed by atoms with Crippen LogP contribution in [0.3, 0.4) is 0 Å². The quantitative estimate of drug-likeness (QED) is 0.789. The normalized spacial score (nSPS) is 12.4. The highest BCUT2D eigenvalue weighted by atomic mass is 16.2. The molecule has 1 aromatic heterocycles. The minimum atomic E-state index is -0.112. The van der Waals surface area contributed by atoms with Gasteiger partial charge in [-0.25, -0.2) is 4.79 Å². The third-order valence-electron chi connectivity index (χ3n) is 4.07. The summed E-state index contributed by atoms with van der Waals surface area (Å²) in [6, 6.07) is 4.40. The molecule has 0 spiro atoms. The Bertz CT molecular complexity index is 658. The maximum atomic E-state index is 11.8. The number of urea groups is 1. The van der Waals surface area contributed by atoms with Crippen molar-refractivity contribution in [3.8, 4) is 0 Å². The molecule has 4 heteroatoms. The second-order valence-corrected chi connectivity index (χ2v) is 5.86. The number of hydrogen-bond donors (Lipinski definition) is 3. The molecule has 1 heterocycles. The highest BCUT2D eigenvalue weighted by Gasteiger charge is 2.11. The number of carbonyl (C=O) groups is 1. The zero-order chi connectivity index (χ0) is 15.6. The molecule has 3 N–H and O–H groups in total. The number of carbonyl (C=O) groups excluding carboxylic acids is 1. The fraction of sp³-hybridized carbons (Fsp3) is 0.471. The minimum Gasteiger partial charge on any atom is -0.358 e. The van der Waals surface area contributed by atoms with Crippen molar-refractivity contribution >= 4 is 16.9 Å². The first-order valence-electron chi connectivity index (χ1n) is 7.55. The van der Waals surface area contributed by atoms with Crippen LogP contribution in [0.25, 0.3) is 10.9 Å². The van der Waals surface area contributed by atoms with E-state index in [4.69, 9.17) is 0 Å². The van der Waals surface area contributed by atoms with E-state index in [0.29, 0.717) is 6.54 Å². The van der Waals surface area contributed by atoms with Gasteiger partial charge in [0.2, 0.25) is 0 Å². The van der Waals surface area contributed by atoms with Crippen LogP contribution in [0.2, 0.25) is 0 Å². The highest BCUT2D eigenvalue weighted by molar-refractivity contribution is 5.88. The molecule has 0 unspecified atom stereocenters. The molecule has 2 amide bonds. The van der Waals surface area contributed by atoms with E-state index in [9.17, 15) is 4.79 Å². The largest absolute Gasteiger partial charge is 0.358 e. The predicted molar refractivity (Wildman–Crippen MR) is 87.6 cm³/mol. The van der Waals surface area contributed by atoms with Gasteiger partial charge in [0, 0.05) is 23.7 Å². The average Bonchev–Trinajstić information content (AvgIpc) is 2.72. The Morgan fingerprint density at radius 2 is 2.00 bits per heavy atom. The minimum absolute atomic E-state index is 0.112.